The smallest absolute Gasteiger partial charge is 0.318 e. The van der Waals surface area contributed by atoms with Gasteiger partial charge < -0.3 is 5.32 Å². The van der Waals surface area contributed by atoms with Gasteiger partial charge in [-0.25, -0.2) is 4.79 Å². The zero-order valence-corrected chi connectivity index (χ0v) is 14.8. The average molecular weight is 335 g/mol. The van der Waals surface area contributed by atoms with Gasteiger partial charge in [-0.3, -0.25) is 4.79 Å². The first-order chi connectivity index (χ1) is 11.8. The van der Waals surface area contributed by atoms with Crippen LogP contribution in [0.5, 0.6) is 0 Å². The summed E-state index contributed by atoms with van der Waals surface area (Å²) in [6.07, 6.45) is 1.58. The van der Waals surface area contributed by atoms with Crippen molar-refractivity contribution in [2.75, 3.05) is 0 Å². The quantitative estimate of drug-likeness (QED) is 0.690. The number of hydrazone groups is 1. The number of amides is 3. The third kappa shape index (κ3) is 2.93. The summed E-state index contributed by atoms with van der Waals surface area (Å²) < 4.78 is 0. The van der Waals surface area contributed by atoms with E-state index < -0.39 is 11.6 Å². The van der Waals surface area contributed by atoms with Crippen molar-refractivity contribution >= 4 is 18.2 Å². The molecule has 5 nitrogen and oxygen atoms in total. The van der Waals surface area contributed by atoms with Crippen molar-refractivity contribution in [3.05, 3.63) is 70.3 Å². The van der Waals surface area contributed by atoms with E-state index in [4.69, 9.17) is 0 Å². The third-order valence-electron chi connectivity index (χ3n) is 4.56. The Morgan fingerprint density at radius 3 is 2.24 bits per heavy atom. The number of nitrogens with one attached hydrogen (secondary N) is 1. The minimum atomic E-state index is -1.10. The molecule has 1 aliphatic heterocycles. The molecule has 0 saturated carbocycles. The average Bonchev–Trinajstić information content (AvgIpc) is 2.78. The van der Waals surface area contributed by atoms with Crippen LogP contribution in [0.15, 0.2) is 47.6 Å². The number of hydrogen-bond donors (Lipinski definition) is 1. The lowest BCUT2D eigenvalue weighted by atomic mass is 9.92. The van der Waals surface area contributed by atoms with Gasteiger partial charge in [0.2, 0.25) is 0 Å². The molecule has 0 radical (unpaired) electrons. The second kappa shape index (κ2) is 6.16. The molecule has 0 aliphatic carbocycles. The zero-order chi connectivity index (χ0) is 18.2. The van der Waals surface area contributed by atoms with E-state index >= 15 is 0 Å². The Balaban J connectivity index is 1.92. The van der Waals surface area contributed by atoms with E-state index in [9.17, 15) is 9.59 Å². The number of imide groups is 1. The van der Waals surface area contributed by atoms with Gasteiger partial charge in [-0.1, -0.05) is 48.0 Å². The Morgan fingerprint density at radius 1 is 1.04 bits per heavy atom. The molecule has 0 bridgehead atoms. The fourth-order valence-electron chi connectivity index (χ4n) is 3.21. The lowest BCUT2D eigenvalue weighted by Crippen LogP contribution is -2.40. The summed E-state index contributed by atoms with van der Waals surface area (Å²) in [5.41, 5.74) is 3.82. The molecule has 1 heterocycles. The summed E-state index contributed by atoms with van der Waals surface area (Å²) in [4.78, 5) is 25.1. The van der Waals surface area contributed by atoms with Crippen molar-refractivity contribution in [1.29, 1.82) is 0 Å². The highest BCUT2D eigenvalue weighted by Gasteiger charge is 2.49. The molecule has 1 saturated heterocycles. The number of benzene rings is 2. The van der Waals surface area contributed by atoms with Crippen molar-refractivity contribution < 1.29 is 9.59 Å². The van der Waals surface area contributed by atoms with Gasteiger partial charge in [0.05, 0.1) is 6.21 Å². The van der Waals surface area contributed by atoms with Crippen LogP contribution in [-0.4, -0.2) is 23.2 Å². The van der Waals surface area contributed by atoms with Gasteiger partial charge in [0, 0.05) is 5.56 Å². The molecule has 0 aromatic heterocycles. The fraction of sp³-hybridized carbons (Fsp3) is 0.250. The number of carbonyl (C=O) groups excluding carboxylic acids is 2. The Kier molecular flexibility index (Phi) is 4.17. The molecule has 1 aliphatic rings. The highest BCUT2D eigenvalue weighted by atomic mass is 16.2. The van der Waals surface area contributed by atoms with E-state index in [1.54, 1.807) is 13.1 Å². The van der Waals surface area contributed by atoms with Crippen LogP contribution in [0, 0.1) is 20.8 Å². The predicted octanol–water partition coefficient (Wildman–Crippen LogP) is 3.41. The summed E-state index contributed by atoms with van der Waals surface area (Å²) in [5, 5.41) is 7.83. The monoisotopic (exact) mass is 335 g/mol. The molecule has 3 amide bonds. The number of aryl methyl sites for hydroxylation is 3. The lowest BCUT2D eigenvalue weighted by molar-refractivity contribution is -0.131. The molecule has 2 aromatic rings. The van der Waals surface area contributed by atoms with Crippen molar-refractivity contribution in [2.24, 2.45) is 5.10 Å². The van der Waals surface area contributed by atoms with E-state index in [0.717, 1.165) is 27.3 Å². The molecule has 0 unspecified atom stereocenters. The number of nitrogens with zero attached hydrogens (tertiary/aromatic N) is 2. The minimum Gasteiger partial charge on any atom is -0.318 e. The number of hydrogen-bond acceptors (Lipinski definition) is 3. The van der Waals surface area contributed by atoms with Crippen molar-refractivity contribution in [3.8, 4) is 0 Å². The zero-order valence-electron chi connectivity index (χ0n) is 14.8. The van der Waals surface area contributed by atoms with E-state index in [1.807, 2.05) is 63.2 Å². The standard InChI is InChI=1S/C20H21N3O2/c1-13-10-14(2)17(15(3)11-13)12-21-23-18(24)20(4,22-19(23)25)16-8-6-5-7-9-16/h5-12H,1-4H3,(H,22,25)/t20-/m1/s1. The molecule has 1 N–H and O–H groups in total. The maximum absolute atomic E-state index is 12.8. The third-order valence-corrected chi connectivity index (χ3v) is 4.56. The van der Waals surface area contributed by atoms with Gasteiger partial charge in [0.1, 0.15) is 5.54 Å². The Hall–Kier alpha value is -2.95. The van der Waals surface area contributed by atoms with Crippen LogP contribution in [-0.2, 0) is 10.3 Å². The Morgan fingerprint density at radius 2 is 1.64 bits per heavy atom. The van der Waals surface area contributed by atoms with Gasteiger partial charge in [-0.2, -0.15) is 5.10 Å². The van der Waals surface area contributed by atoms with Crippen molar-refractivity contribution in [2.45, 2.75) is 33.2 Å². The molecular weight excluding hydrogens is 314 g/mol. The normalized spacial score (nSPS) is 20.4. The Labute approximate surface area is 147 Å². The molecular formula is C20H21N3O2. The highest BCUT2D eigenvalue weighted by Crippen LogP contribution is 2.28. The van der Waals surface area contributed by atoms with Crippen LogP contribution in [0.1, 0.15) is 34.7 Å². The molecule has 5 heteroatoms. The summed E-state index contributed by atoms with van der Waals surface area (Å²) in [7, 11) is 0. The molecule has 3 rings (SSSR count). The van der Waals surface area contributed by atoms with Gasteiger partial charge >= 0.3 is 6.03 Å². The SMILES string of the molecule is Cc1cc(C)c(C=NN2C(=O)N[C@](C)(c3ccccc3)C2=O)c(C)c1. The first-order valence-electron chi connectivity index (χ1n) is 8.17. The minimum absolute atomic E-state index is 0.387. The van der Waals surface area contributed by atoms with Crippen LogP contribution in [0.25, 0.3) is 0 Å². The summed E-state index contributed by atoms with van der Waals surface area (Å²) >= 11 is 0. The number of urea groups is 1. The fourth-order valence-corrected chi connectivity index (χ4v) is 3.21. The second-order valence-corrected chi connectivity index (χ2v) is 6.60. The maximum atomic E-state index is 12.8. The Bertz CT molecular complexity index is 851. The van der Waals surface area contributed by atoms with Crippen molar-refractivity contribution in [1.82, 2.24) is 10.3 Å². The molecule has 1 fully saturated rings. The number of carbonyl (C=O) groups is 2. The maximum Gasteiger partial charge on any atom is 0.346 e. The van der Waals surface area contributed by atoms with E-state index in [0.29, 0.717) is 0 Å². The first kappa shape index (κ1) is 16.9. The summed E-state index contributed by atoms with van der Waals surface area (Å²) in [5.74, 6) is -0.387. The van der Waals surface area contributed by atoms with Gasteiger partial charge in [-0.05, 0) is 44.4 Å². The number of rotatable bonds is 3. The van der Waals surface area contributed by atoms with Gasteiger partial charge in [0.15, 0.2) is 0 Å². The van der Waals surface area contributed by atoms with Crippen molar-refractivity contribution in [3.63, 3.8) is 0 Å². The molecule has 1 atom stereocenters. The summed E-state index contributed by atoms with van der Waals surface area (Å²) in [6.45, 7) is 7.70. The largest absolute Gasteiger partial charge is 0.346 e. The van der Waals surface area contributed by atoms with E-state index in [2.05, 4.69) is 10.4 Å². The topological polar surface area (TPSA) is 61.8 Å². The van der Waals surface area contributed by atoms with E-state index in [-0.39, 0.29) is 5.91 Å². The van der Waals surface area contributed by atoms with Crippen LogP contribution < -0.4 is 5.32 Å². The summed E-state index contributed by atoms with van der Waals surface area (Å²) in [6, 6.07) is 12.8. The second-order valence-electron chi connectivity index (χ2n) is 6.60. The molecule has 0 spiro atoms. The molecule has 2 aromatic carbocycles. The van der Waals surface area contributed by atoms with Crippen LogP contribution in [0.4, 0.5) is 4.79 Å². The first-order valence-corrected chi connectivity index (χ1v) is 8.17. The van der Waals surface area contributed by atoms with Crippen LogP contribution in [0.2, 0.25) is 0 Å². The van der Waals surface area contributed by atoms with Crippen LogP contribution in [0.3, 0.4) is 0 Å². The molecule has 128 valence electrons. The van der Waals surface area contributed by atoms with Gasteiger partial charge in [-0.15, -0.1) is 5.01 Å². The predicted molar refractivity (Wildman–Crippen MR) is 97.4 cm³/mol. The molecule has 25 heavy (non-hydrogen) atoms. The highest BCUT2D eigenvalue weighted by molar-refractivity contribution is 6.07. The van der Waals surface area contributed by atoms with Gasteiger partial charge in [0.25, 0.3) is 5.91 Å². The lowest BCUT2D eigenvalue weighted by Gasteiger charge is -2.21. The van der Waals surface area contributed by atoms with Crippen LogP contribution >= 0.6 is 0 Å². The van der Waals surface area contributed by atoms with E-state index in [1.165, 1.54) is 5.56 Å².